The van der Waals surface area contributed by atoms with Gasteiger partial charge in [-0.05, 0) is 43.4 Å². The Morgan fingerprint density at radius 2 is 1.81 bits per heavy atom. The van der Waals surface area contributed by atoms with Crippen molar-refractivity contribution in [3.63, 3.8) is 0 Å². The van der Waals surface area contributed by atoms with Gasteiger partial charge in [-0.2, -0.15) is 5.26 Å². The van der Waals surface area contributed by atoms with E-state index in [0.717, 1.165) is 29.8 Å². The first kappa shape index (κ1) is 23.2. The lowest BCUT2D eigenvalue weighted by Crippen LogP contribution is -2.37. The number of nitriles is 1. The number of aromatic nitrogens is 4. The zero-order valence-corrected chi connectivity index (χ0v) is 18.4. The van der Waals surface area contributed by atoms with Gasteiger partial charge in [0.2, 0.25) is 0 Å². The summed E-state index contributed by atoms with van der Waals surface area (Å²) >= 11 is 0. The number of fused-ring (bicyclic) bond motifs is 1. The van der Waals surface area contributed by atoms with Gasteiger partial charge in [-0.3, -0.25) is 18.7 Å². The Morgan fingerprint density at radius 1 is 1.12 bits per heavy atom. The second-order valence-electron chi connectivity index (χ2n) is 7.77. The Balaban J connectivity index is 0.000000509. The SMILES string of the molecule is C1CCOC1.Cn1c(=O)c2c(ncn2CC(=O)CCCc2ccc(C#N)cc2)n(C)c1=O. The molecule has 0 N–H and O–H groups in total. The Hall–Kier alpha value is -3.51. The van der Waals surface area contributed by atoms with E-state index >= 15 is 0 Å². The van der Waals surface area contributed by atoms with Crippen LogP contribution in [0.3, 0.4) is 0 Å². The molecule has 0 bridgehead atoms. The van der Waals surface area contributed by atoms with Crippen molar-refractivity contribution in [3.8, 4) is 6.07 Å². The van der Waals surface area contributed by atoms with Gasteiger partial charge in [0.25, 0.3) is 5.56 Å². The molecule has 168 valence electrons. The van der Waals surface area contributed by atoms with E-state index in [4.69, 9.17) is 10.00 Å². The number of ketones is 1. The van der Waals surface area contributed by atoms with Crippen LogP contribution >= 0.6 is 0 Å². The summed E-state index contributed by atoms with van der Waals surface area (Å²) in [5.41, 5.74) is 1.28. The van der Waals surface area contributed by atoms with Gasteiger partial charge in [0.1, 0.15) is 0 Å². The number of ether oxygens (including phenoxy) is 1. The number of aryl methyl sites for hydroxylation is 2. The smallest absolute Gasteiger partial charge is 0.332 e. The van der Waals surface area contributed by atoms with E-state index in [1.54, 1.807) is 19.2 Å². The van der Waals surface area contributed by atoms with Crippen LogP contribution in [0.1, 0.15) is 36.8 Å². The maximum atomic E-state index is 12.4. The molecule has 1 saturated heterocycles. The van der Waals surface area contributed by atoms with Gasteiger partial charge in [0.15, 0.2) is 16.9 Å². The summed E-state index contributed by atoms with van der Waals surface area (Å²) in [4.78, 5) is 40.7. The number of benzene rings is 1. The van der Waals surface area contributed by atoms with Crippen molar-refractivity contribution in [2.24, 2.45) is 14.1 Å². The van der Waals surface area contributed by atoms with E-state index in [9.17, 15) is 14.4 Å². The van der Waals surface area contributed by atoms with Crippen LogP contribution in [0.25, 0.3) is 11.2 Å². The minimum absolute atomic E-state index is 0.0150. The molecule has 0 amide bonds. The summed E-state index contributed by atoms with van der Waals surface area (Å²) in [7, 11) is 2.95. The molecule has 0 radical (unpaired) electrons. The van der Waals surface area contributed by atoms with Gasteiger partial charge in [-0.25, -0.2) is 9.78 Å². The summed E-state index contributed by atoms with van der Waals surface area (Å²) in [5, 5.41) is 8.80. The van der Waals surface area contributed by atoms with Crippen molar-refractivity contribution in [1.29, 1.82) is 5.26 Å². The maximum Gasteiger partial charge on any atom is 0.332 e. The summed E-state index contributed by atoms with van der Waals surface area (Å²) in [6.45, 7) is 2.04. The zero-order valence-electron chi connectivity index (χ0n) is 18.4. The highest BCUT2D eigenvalue weighted by Gasteiger charge is 2.15. The number of nitrogens with zero attached hydrogens (tertiary/aromatic N) is 5. The fraction of sp³-hybridized carbons (Fsp3) is 0.435. The monoisotopic (exact) mass is 437 g/mol. The predicted molar refractivity (Wildman–Crippen MR) is 119 cm³/mol. The fourth-order valence-corrected chi connectivity index (χ4v) is 3.53. The lowest BCUT2D eigenvalue weighted by molar-refractivity contribution is -0.119. The lowest BCUT2D eigenvalue weighted by atomic mass is 10.1. The molecule has 1 aliphatic rings. The number of hydrogen-bond donors (Lipinski definition) is 0. The third kappa shape index (κ3) is 5.39. The van der Waals surface area contributed by atoms with Gasteiger partial charge in [-0.15, -0.1) is 0 Å². The molecule has 32 heavy (non-hydrogen) atoms. The molecule has 1 aromatic carbocycles. The van der Waals surface area contributed by atoms with Crippen molar-refractivity contribution >= 4 is 16.9 Å². The van der Waals surface area contributed by atoms with Crippen LogP contribution in [0.15, 0.2) is 40.2 Å². The third-order valence-corrected chi connectivity index (χ3v) is 5.40. The van der Waals surface area contributed by atoms with Crippen LogP contribution < -0.4 is 11.2 Å². The number of carbonyl (C=O) groups excluding carboxylic acids is 1. The Morgan fingerprint density at radius 3 is 2.41 bits per heavy atom. The minimum atomic E-state index is -0.462. The van der Waals surface area contributed by atoms with E-state index in [1.165, 1.54) is 35.4 Å². The Bertz CT molecular complexity index is 1230. The molecule has 0 unspecified atom stereocenters. The first-order valence-electron chi connectivity index (χ1n) is 10.6. The zero-order chi connectivity index (χ0) is 23.1. The van der Waals surface area contributed by atoms with Crippen LogP contribution in [0, 0.1) is 11.3 Å². The first-order chi connectivity index (χ1) is 15.4. The number of rotatable bonds is 6. The average molecular weight is 438 g/mol. The Kier molecular flexibility index (Phi) is 7.73. The van der Waals surface area contributed by atoms with E-state index in [2.05, 4.69) is 11.1 Å². The molecule has 2 aromatic heterocycles. The summed E-state index contributed by atoms with van der Waals surface area (Å²) in [6.07, 6.45) is 5.75. The molecule has 3 heterocycles. The van der Waals surface area contributed by atoms with Gasteiger partial charge >= 0.3 is 5.69 Å². The van der Waals surface area contributed by atoms with Crippen LogP contribution in [-0.2, 0) is 36.6 Å². The van der Waals surface area contributed by atoms with Crippen molar-refractivity contribution in [2.45, 2.75) is 38.6 Å². The molecule has 9 heteroatoms. The van der Waals surface area contributed by atoms with Gasteiger partial charge < -0.3 is 9.30 Å². The quantitative estimate of drug-likeness (QED) is 0.580. The molecule has 0 spiro atoms. The first-order valence-corrected chi connectivity index (χ1v) is 10.6. The highest BCUT2D eigenvalue weighted by molar-refractivity contribution is 5.80. The number of carbonyl (C=O) groups is 1. The summed E-state index contributed by atoms with van der Waals surface area (Å²) < 4.78 is 8.75. The molecule has 9 nitrogen and oxygen atoms in total. The third-order valence-electron chi connectivity index (χ3n) is 5.40. The van der Waals surface area contributed by atoms with Crippen molar-refractivity contribution in [2.75, 3.05) is 13.2 Å². The number of hydrogen-bond acceptors (Lipinski definition) is 6. The Labute approximate surface area is 185 Å². The normalized spacial score (nSPS) is 12.9. The van der Waals surface area contributed by atoms with Gasteiger partial charge in [0, 0.05) is 33.7 Å². The topological polar surface area (TPSA) is 112 Å². The molecule has 1 aliphatic heterocycles. The van der Waals surface area contributed by atoms with E-state index in [-0.39, 0.29) is 23.5 Å². The minimum Gasteiger partial charge on any atom is -0.381 e. The second-order valence-corrected chi connectivity index (χ2v) is 7.77. The molecule has 3 aromatic rings. The van der Waals surface area contributed by atoms with Crippen molar-refractivity contribution in [3.05, 3.63) is 62.6 Å². The van der Waals surface area contributed by atoms with Crippen molar-refractivity contribution < 1.29 is 9.53 Å². The van der Waals surface area contributed by atoms with E-state index in [1.807, 2.05) is 12.1 Å². The van der Waals surface area contributed by atoms with Crippen molar-refractivity contribution in [1.82, 2.24) is 18.7 Å². The predicted octanol–water partition coefficient (Wildman–Crippen LogP) is 1.69. The average Bonchev–Trinajstić information content (AvgIpc) is 3.51. The van der Waals surface area contributed by atoms with Crippen LogP contribution in [0.2, 0.25) is 0 Å². The van der Waals surface area contributed by atoms with E-state index < -0.39 is 11.2 Å². The standard InChI is InChI=1S/C19H19N5O3.C4H8O/c1-22-17-16(18(26)23(2)19(22)27)24(12-21-17)11-15(25)5-3-4-13-6-8-14(10-20)9-7-13;1-2-4-5-3-1/h6-9,12H,3-5,11H2,1-2H3;1-4H2. The molecule has 0 atom stereocenters. The lowest BCUT2D eigenvalue weighted by Gasteiger charge is -2.06. The van der Waals surface area contributed by atoms with Gasteiger partial charge in [-0.1, -0.05) is 12.1 Å². The van der Waals surface area contributed by atoms with Crippen LogP contribution in [0.4, 0.5) is 0 Å². The molecular weight excluding hydrogens is 410 g/mol. The number of Topliss-reactive ketones (excluding diaryl/α,β-unsaturated/α-hetero) is 1. The fourth-order valence-electron chi connectivity index (χ4n) is 3.53. The highest BCUT2D eigenvalue weighted by atomic mass is 16.5. The summed E-state index contributed by atoms with van der Waals surface area (Å²) in [5.74, 6) is -0.0150. The van der Waals surface area contributed by atoms with Gasteiger partial charge in [0.05, 0.1) is 24.5 Å². The highest BCUT2D eigenvalue weighted by Crippen LogP contribution is 2.10. The number of imidazole rings is 1. The van der Waals surface area contributed by atoms with Crippen LogP contribution in [-0.4, -0.2) is 37.7 Å². The molecule has 1 fully saturated rings. The second kappa shape index (κ2) is 10.7. The molecular formula is C23H27N5O4. The molecule has 0 aliphatic carbocycles. The summed E-state index contributed by atoms with van der Waals surface area (Å²) in [6, 6.07) is 9.36. The maximum absolute atomic E-state index is 12.4. The molecule has 0 saturated carbocycles. The van der Waals surface area contributed by atoms with E-state index in [0.29, 0.717) is 18.4 Å². The molecule has 4 rings (SSSR count). The van der Waals surface area contributed by atoms with Crippen LogP contribution in [0.5, 0.6) is 0 Å². The largest absolute Gasteiger partial charge is 0.381 e.